The number of nitrogens with one attached hydrogen (secondary N) is 2. The van der Waals surface area contributed by atoms with Gasteiger partial charge in [-0.25, -0.2) is 10.1 Å². The molecular formula is C9H16N4. The standard InChI is InChI=1S/C9H16N4/c1-2-4-8(5-3-1)6-10-9-11-7-12-13-9/h7-8H,1-6H2,(H2,10,11,12,13). The smallest absolute Gasteiger partial charge is 0.218 e. The van der Waals surface area contributed by atoms with E-state index in [-0.39, 0.29) is 0 Å². The Balaban J connectivity index is 1.72. The molecule has 1 heterocycles. The average Bonchev–Trinajstić information content (AvgIpc) is 2.69. The molecule has 0 radical (unpaired) electrons. The molecule has 1 aliphatic carbocycles. The van der Waals surface area contributed by atoms with Crippen LogP contribution in [0, 0.1) is 5.92 Å². The van der Waals surface area contributed by atoms with Crippen LogP contribution in [0.15, 0.2) is 6.33 Å². The van der Waals surface area contributed by atoms with Gasteiger partial charge in [0.05, 0.1) is 0 Å². The van der Waals surface area contributed by atoms with Gasteiger partial charge in [0.15, 0.2) is 0 Å². The Morgan fingerprint density at radius 2 is 2.23 bits per heavy atom. The van der Waals surface area contributed by atoms with Gasteiger partial charge in [0.2, 0.25) is 5.95 Å². The summed E-state index contributed by atoms with van der Waals surface area (Å²) in [5, 5.41) is 9.86. The van der Waals surface area contributed by atoms with Crippen molar-refractivity contribution >= 4 is 5.95 Å². The highest BCUT2D eigenvalue weighted by Gasteiger charge is 2.12. The topological polar surface area (TPSA) is 53.6 Å². The predicted molar refractivity (Wildman–Crippen MR) is 51.4 cm³/mol. The highest BCUT2D eigenvalue weighted by Crippen LogP contribution is 2.23. The van der Waals surface area contributed by atoms with Gasteiger partial charge < -0.3 is 5.32 Å². The minimum Gasteiger partial charge on any atom is -0.354 e. The third-order valence-electron chi connectivity index (χ3n) is 2.70. The van der Waals surface area contributed by atoms with Crippen LogP contribution in [0.25, 0.3) is 0 Å². The van der Waals surface area contributed by atoms with E-state index in [0.29, 0.717) is 0 Å². The molecule has 0 atom stereocenters. The number of aromatic nitrogens is 3. The molecule has 13 heavy (non-hydrogen) atoms. The lowest BCUT2D eigenvalue weighted by Gasteiger charge is -2.21. The van der Waals surface area contributed by atoms with E-state index in [9.17, 15) is 0 Å². The third-order valence-corrected chi connectivity index (χ3v) is 2.70. The van der Waals surface area contributed by atoms with Gasteiger partial charge in [0.1, 0.15) is 6.33 Å². The zero-order chi connectivity index (χ0) is 8.93. The fourth-order valence-electron chi connectivity index (χ4n) is 1.92. The van der Waals surface area contributed by atoms with E-state index in [1.165, 1.54) is 38.4 Å². The minimum absolute atomic E-state index is 0.797. The number of nitrogens with zero attached hydrogens (tertiary/aromatic N) is 2. The molecule has 1 aromatic rings. The van der Waals surface area contributed by atoms with E-state index < -0.39 is 0 Å². The molecular weight excluding hydrogens is 164 g/mol. The van der Waals surface area contributed by atoms with Crippen molar-refractivity contribution in [1.29, 1.82) is 0 Å². The lowest BCUT2D eigenvalue weighted by atomic mass is 9.89. The van der Waals surface area contributed by atoms with Crippen molar-refractivity contribution in [2.24, 2.45) is 5.92 Å². The first-order valence-electron chi connectivity index (χ1n) is 5.04. The predicted octanol–water partition coefficient (Wildman–Crippen LogP) is 1.80. The molecule has 0 amide bonds. The Bertz CT molecular complexity index is 226. The maximum atomic E-state index is 4.02. The maximum Gasteiger partial charge on any atom is 0.218 e. The van der Waals surface area contributed by atoms with Crippen molar-refractivity contribution < 1.29 is 0 Å². The molecule has 72 valence electrons. The number of rotatable bonds is 3. The number of hydrogen-bond donors (Lipinski definition) is 2. The summed E-state index contributed by atoms with van der Waals surface area (Å²) >= 11 is 0. The van der Waals surface area contributed by atoms with Gasteiger partial charge in [-0.1, -0.05) is 19.3 Å². The second-order valence-electron chi connectivity index (χ2n) is 3.72. The SMILES string of the molecule is c1n[nH]c(NCC2CCCCC2)n1. The lowest BCUT2D eigenvalue weighted by Crippen LogP contribution is -2.17. The minimum atomic E-state index is 0.797. The average molecular weight is 180 g/mol. The van der Waals surface area contributed by atoms with Crippen molar-refractivity contribution in [3.8, 4) is 0 Å². The van der Waals surface area contributed by atoms with Crippen LogP contribution in [0.3, 0.4) is 0 Å². The molecule has 0 bridgehead atoms. The van der Waals surface area contributed by atoms with Crippen LogP contribution in [-0.2, 0) is 0 Å². The fourth-order valence-corrected chi connectivity index (χ4v) is 1.92. The summed E-state index contributed by atoms with van der Waals surface area (Å²) in [7, 11) is 0. The summed E-state index contributed by atoms with van der Waals surface area (Å²) in [4.78, 5) is 4.02. The van der Waals surface area contributed by atoms with E-state index in [1.54, 1.807) is 0 Å². The van der Waals surface area contributed by atoms with Gasteiger partial charge in [-0.2, -0.15) is 5.10 Å². The summed E-state index contributed by atoms with van der Waals surface area (Å²) in [6, 6.07) is 0. The molecule has 4 heteroatoms. The number of H-pyrrole nitrogens is 1. The van der Waals surface area contributed by atoms with E-state index in [2.05, 4.69) is 20.5 Å². The van der Waals surface area contributed by atoms with Gasteiger partial charge >= 0.3 is 0 Å². The van der Waals surface area contributed by atoms with Crippen molar-refractivity contribution in [3.05, 3.63) is 6.33 Å². The third kappa shape index (κ3) is 2.44. The van der Waals surface area contributed by atoms with Crippen molar-refractivity contribution in [2.75, 3.05) is 11.9 Å². The molecule has 4 nitrogen and oxygen atoms in total. The Morgan fingerprint density at radius 1 is 1.38 bits per heavy atom. The molecule has 1 aliphatic rings. The van der Waals surface area contributed by atoms with E-state index in [4.69, 9.17) is 0 Å². The van der Waals surface area contributed by atoms with Gasteiger partial charge in [0.25, 0.3) is 0 Å². The summed E-state index contributed by atoms with van der Waals surface area (Å²) < 4.78 is 0. The molecule has 0 spiro atoms. The van der Waals surface area contributed by atoms with Crippen LogP contribution >= 0.6 is 0 Å². The van der Waals surface area contributed by atoms with Crippen molar-refractivity contribution in [2.45, 2.75) is 32.1 Å². The van der Waals surface area contributed by atoms with Crippen LogP contribution in [0.4, 0.5) is 5.95 Å². The van der Waals surface area contributed by atoms with Crippen molar-refractivity contribution in [3.63, 3.8) is 0 Å². The fraction of sp³-hybridized carbons (Fsp3) is 0.778. The highest BCUT2D eigenvalue weighted by atomic mass is 15.3. The summed E-state index contributed by atoms with van der Waals surface area (Å²) in [6.45, 7) is 1.04. The summed E-state index contributed by atoms with van der Waals surface area (Å²) in [5.74, 6) is 1.63. The van der Waals surface area contributed by atoms with Crippen LogP contribution in [0.1, 0.15) is 32.1 Å². The molecule has 0 saturated heterocycles. The molecule has 1 saturated carbocycles. The van der Waals surface area contributed by atoms with E-state index in [1.807, 2.05) is 0 Å². The zero-order valence-electron chi connectivity index (χ0n) is 7.79. The Kier molecular flexibility index (Phi) is 2.79. The quantitative estimate of drug-likeness (QED) is 0.745. The lowest BCUT2D eigenvalue weighted by molar-refractivity contribution is 0.373. The zero-order valence-corrected chi connectivity index (χ0v) is 7.79. The molecule has 0 aliphatic heterocycles. The van der Waals surface area contributed by atoms with Gasteiger partial charge in [-0.05, 0) is 18.8 Å². The second-order valence-corrected chi connectivity index (χ2v) is 3.72. The molecule has 1 aromatic heterocycles. The monoisotopic (exact) mass is 180 g/mol. The summed E-state index contributed by atoms with van der Waals surface area (Å²) in [6.07, 6.45) is 8.45. The molecule has 0 aromatic carbocycles. The van der Waals surface area contributed by atoms with Crippen LogP contribution < -0.4 is 5.32 Å². The normalized spacial score (nSPS) is 18.8. The van der Waals surface area contributed by atoms with Crippen molar-refractivity contribution in [1.82, 2.24) is 15.2 Å². The second kappa shape index (κ2) is 4.25. The summed E-state index contributed by atoms with van der Waals surface area (Å²) in [5.41, 5.74) is 0. The molecule has 2 rings (SSSR count). The molecule has 2 N–H and O–H groups in total. The van der Waals surface area contributed by atoms with Gasteiger partial charge in [-0.3, -0.25) is 0 Å². The first-order chi connectivity index (χ1) is 6.45. The van der Waals surface area contributed by atoms with E-state index >= 15 is 0 Å². The van der Waals surface area contributed by atoms with Crippen LogP contribution in [-0.4, -0.2) is 21.7 Å². The maximum absolute atomic E-state index is 4.02. The Hall–Kier alpha value is -1.06. The highest BCUT2D eigenvalue weighted by molar-refractivity contribution is 5.20. The molecule has 0 unspecified atom stereocenters. The van der Waals surface area contributed by atoms with Crippen LogP contribution in [0.5, 0.6) is 0 Å². The Labute approximate surface area is 78.1 Å². The van der Waals surface area contributed by atoms with Gasteiger partial charge in [-0.15, -0.1) is 0 Å². The van der Waals surface area contributed by atoms with Crippen LogP contribution in [0.2, 0.25) is 0 Å². The molecule has 1 fully saturated rings. The largest absolute Gasteiger partial charge is 0.354 e. The first-order valence-corrected chi connectivity index (χ1v) is 5.04. The Morgan fingerprint density at radius 3 is 2.92 bits per heavy atom. The van der Waals surface area contributed by atoms with Gasteiger partial charge in [0, 0.05) is 6.54 Å². The first kappa shape index (κ1) is 8.53. The number of hydrogen-bond acceptors (Lipinski definition) is 3. The number of anilines is 1. The number of aromatic amines is 1. The van der Waals surface area contributed by atoms with E-state index in [0.717, 1.165) is 18.4 Å².